The summed E-state index contributed by atoms with van der Waals surface area (Å²) in [5.74, 6) is -52.0. The Labute approximate surface area is 151 Å². The van der Waals surface area contributed by atoms with Crippen LogP contribution in [0.25, 0.3) is 0 Å². The first-order valence-electron chi connectivity index (χ1n) is 6.17. The molecule has 1 fully saturated rings. The molecule has 1 saturated carbocycles. The summed E-state index contributed by atoms with van der Waals surface area (Å²) in [5.41, 5.74) is -9.07. The van der Waals surface area contributed by atoms with Crippen LogP contribution in [0.1, 0.15) is 0 Å². The van der Waals surface area contributed by atoms with Crippen molar-refractivity contribution >= 4 is 10.1 Å². The lowest BCUT2D eigenvalue weighted by atomic mass is 9.68. The molecule has 30 heavy (non-hydrogen) atoms. The lowest BCUT2D eigenvalue weighted by Crippen LogP contribution is -2.91. The zero-order chi connectivity index (χ0) is 25.0. The zero-order valence-corrected chi connectivity index (χ0v) is 13.4. The molecule has 0 aromatic carbocycles. The van der Waals surface area contributed by atoms with Crippen molar-refractivity contribution in [2.75, 3.05) is 0 Å². The SMILES string of the molecule is O=S(=O)([O-])C1(F)C(F)(F)C(F)(F)C(F)(F)C(F)(C(F)(F)C(F)(F)C(F)(F)F)C1(F)F. The van der Waals surface area contributed by atoms with Gasteiger partial charge in [0, 0.05) is 0 Å². The van der Waals surface area contributed by atoms with Crippen molar-refractivity contribution in [1.82, 2.24) is 0 Å². The summed E-state index contributed by atoms with van der Waals surface area (Å²) >= 11 is 0. The first-order valence-corrected chi connectivity index (χ1v) is 7.58. The molecule has 0 bridgehead atoms. The minimum atomic E-state index is -9.07. The summed E-state index contributed by atoms with van der Waals surface area (Å²) in [6.07, 6.45) is -8.06. The molecule has 0 aliphatic heterocycles. The highest BCUT2D eigenvalue weighted by Crippen LogP contribution is 2.74. The lowest BCUT2D eigenvalue weighted by molar-refractivity contribution is -0.497. The average Bonchev–Trinajstić information content (AvgIpc) is 2.48. The Kier molecular flexibility index (Phi) is 5.12. The number of rotatable bonds is 3. The van der Waals surface area contributed by atoms with E-state index in [1.807, 2.05) is 0 Å². The average molecular weight is 511 g/mol. The fraction of sp³-hybridized carbons (Fsp3) is 1.00. The smallest absolute Gasteiger partial charge is 0.460 e. The van der Waals surface area contributed by atoms with E-state index in [-0.39, 0.29) is 0 Å². The van der Waals surface area contributed by atoms with E-state index in [1.54, 1.807) is 0 Å². The Balaban J connectivity index is 4.36. The normalized spacial score (nSPS) is 33.9. The Morgan fingerprint density at radius 3 is 1.17 bits per heavy atom. The molecule has 0 aromatic heterocycles. The first kappa shape index (κ1) is 26.8. The maximum atomic E-state index is 14.1. The second kappa shape index (κ2) is 5.74. The first-order chi connectivity index (χ1) is 12.5. The van der Waals surface area contributed by atoms with Gasteiger partial charge in [0.2, 0.25) is 0 Å². The summed E-state index contributed by atoms with van der Waals surface area (Å²) in [6, 6.07) is 0. The van der Waals surface area contributed by atoms with E-state index in [1.165, 1.54) is 0 Å². The van der Waals surface area contributed by atoms with E-state index >= 15 is 0 Å². The van der Waals surface area contributed by atoms with Gasteiger partial charge in [-0.2, -0.15) is 65.9 Å². The Hall–Kier alpha value is -1.28. The molecule has 1 aliphatic rings. The Morgan fingerprint density at radius 1 is 0.567 bits per heavy atom. The molecule has 21 heteroatoms. The van der Waals surface area contributed by atoms with Gasteiger partial charge in [0.25, 0.3) is 0 Å². The monoisotopic (exact) mass is 511 g/mol. The quantitative estimate of drug-likeness (QED) is 0.420. The standard InChI is InChI=1S/C9HF17O3S/c10-1(3(13,14)7(21,22)9(24,25)26)2(11,12)5(17,18)6(19,20)8(23,4(1,15)16)30(27,28)29/h(H,27,28,29)/p-1. The van der Waals surface area contributed by atoms with Crippen LogP contribution in [0.2, 0.25) is 0 Å². The van der Waals surface area contributed by atoms with Crippen LogP contribution in [0, 0.1) is 0 Å². The predicted octanol–water partition coefficient (Wildman–Crippen LogP) is 4.29. The highest BCUT2D eigenvalue weighted by atomic mass is 32.2. The third kappa shape index (κ3) is 2.25. The summed E-state index contributed by atoms with van der Waals surface area (Å²) in [6.45, 7) is 0. The van der Waals surface area contributed by atoms with Gasteiger partial charge in [-0.15, -0.1) is 0 Å². The molecule has 0 radical (unpaired) electrons. The molecule has 1 rings (SSSR count). The third-order valence-corrected chi connectivity index (χ3v) is 5.19. The van der Waals surface area contributed by atoms with Gasteiger partial charge in [-0.25, -0.2) is 17.2 Å². The maximum Gasteiger partial charge on any atom is 0.460 e. The summed E-state index contributed by atoms with van der Waals surface area (Å²) < 4.78 is 255. The largest absolute Gasteiger partial charge is 0.745 e. The van der Waals surface area contributed by atoms with Crippen LogP contribution in [0.15, 0.2) is 0 Å². The van der Waals surface area contributed by atoms with E-state index in [9.17, 15) is 87.6 Å². The molecule has 0 heterocycles. The fourth-order valence-corrected chi connectivity index (χ4v) is 3.23. The van der Waals surface area contributed by atoms with E-state index < -0.39 is 62.5 Å². The number of hydrogen-bond donors (Lipinski definition) is 0. The number of hydrogen-bond acceptors (Lipinski definition) is 3. The van der Waals surface area contributed by atoms with Crippen LogP contribution in [0.4, 0.5) is 74.6 Å². The van der Waals surface area contributed by atoms with E-state index in [2.05, 4.69) is 0 Å². The molecule has 2 unspecified atom stereocenters. The minimum absolute atomic E-state index is 8.06. The second-order valence-corrected chi connectivity index (χ2v) is 7.12. The Morgan fingerprint density at radius 2 is 0.900 bits per heavy atom. The van der Waals surface area contributed by atoms with Crippen LogP contribution in [-0.4, -0.2) is 65.4 Å². The van der Waals surface area contributed by atoms with Crippen molar-refractivity contribution < 1.29 is 87.6 Å². The molecule has 3 nitrogen and oxygen atoms in total. The third-order valence-electron chi connectivity index (χ3n) is 3.99. The molecule has 1 aliphatic carbocycles. The van der Waals surface area contributed by atoms with Crippen LogP contribution >= 0.6 is 0 Å². The summed E-state index contributed by atoms with van der Waals surface area (Å²) in [4.78, 5) is 0. The molecule has 0 spiro atoms. The molecule has 0 saturated heterocycles. The van der Waals surface area contributed by atoms with Gasteiger partial charge < -0.3 is 4.55 Å². The molecule has 0 aromatic rings. The lowest BCUT2D eigenvalue weighted by Gasteiger charge is -2.57. The van der Waals surface area contributed by atoms with Crippen LogP contribution < -0.4 is 0 Å². The highest BCUT2D eigenvalue weighted by molar-refractivity contribution is 7.87. The second-order valence-electron chi connectivity index (χ2n) is 5.65. The van der Waals surface area contributed by atoms with Crippen molar-refractivity contribution in [2.24, 2.45) is 0 Å². The molecular weight excluding hydrogens is 511 g/mol. The number of halogens is 17. The van der Waals surface area contributed by atoms with E-state index in [0.717, 1.165) is 0 Å². The zero-order valence-electron chi connectivity index (χ0n) is 12.6. The Bertz CT molecular complexity index is 828. The predicted molar refractivity (Wildman–Crippen MR) is 53.1 cm³/mol. The van der Waals surface area contributed by atoms with Crippen molar-refractivity contribution in [2.45, 2.75) is 52.4 Å². The molecule has 180 valence electrons. The van der Waals surface area contributed by atoms with Crippen molar-refractivity contribution in [3.8, 4) is 0 Å². The van der Waals surface area contributed by atoms with Crippen LogP contribution in [0.5, 0.6) is 0 Å². The van der Waals surface area contributed by atoms with E-state index in [4.69, 9.17) is 0 Å². The summed E-state index contributed by atoms with van der Waals surface area (Å²) in [5, 5.41) is -8.40. The van der Waals surface area contributed by atoms with Gasteiger partial charge in [-0.3, -0.25) is 0 Å². The van der Waals surface area contributed by atoms with Crippen LogP contribution in [-0.2, 0) is 10.1 Å². The molecular formula is C9F17O3S-. The van der Waals surface area contributed by atoms with Crippen molar-refractivity contribution in [3.63, 3.8) is 0 Å². The van der Waals surface area contributed by atoms with Crippen LogP contribution in [0.3, 0.4) is 0 Å². The van der Waals surface area contributed by atoms with Gasteiger partial charge in [0.1, 0.15) is 10.1 Å². The van der Waals surface area contributed by atoms with Gasteiger partial charge in [-0.05, 0) is 0 Å². The van der Waals surface area contributed by atoms with Crippen molar-refractivity contribution in [1.29, 1.82) is 0 Å². The van der Waals surface area contributed by atoms with Gasteiger partial charge in [-0.1, -0.05) is 0 Å². The minimum Gasteiger partial charge on any atom is -0.745 e. The molecule has 2 atom stereocenters. The van der Waals surface area contributed by atoms with Gasteiger partial charge >= 0.3 is 52.4 Å². The number of alkyl halides is 17. The van der Waals surface area contributed by atoms with Gasteiger partial charge in [0.05, 0.1) is 0 Å². The maximum absolute atomic E-state index is 14.1. The summed E-state index contributed by atoms with van der Waals surface area (Å²) in [7, 11) is -8.70. The molecule has 0 amide bonds. The molecule has 0 N–H and O–H groups in total. The fourth-order valence-electron chi connectivity index (χ4n) is 2.33. The highest BCUT2D eigenvalue weighted by Gasteiger charge is 3.08. The topological polar surface area (TPSA) is 57.2 Å². The van der Waals surface area contributed by atoms with Crippen molar-refractivity contribution in [3.05, 3.63) is 0 Å². The van der Waals surface area contributed by atoms with E-state index in [0.29, 0.717) is 0 Å². The van der Waals surface area contributed by atoms with Gasteiger partial charge in [0.15, 0.2) is 0 Å².